The van der Waals surface area contributed by atoms with Gasteiger partial charge < -0.3 is 10.5 Å². The van der Waals surface area contributed by atoms with Crippen molar-refractivity contribution in [2.24, 2.45) is 11.1 Å². The molecule has 0 saturated heterocycles. The maximum absolute atomic E-state index is 12.1. The molecule has 1 aromatic carbocycles. The summed E-state index contributed by atoms with van der Waals surface area (Å²) >= 11 is 3.47. The Balaban J connectivity index is 2.58. The summed E-state index contributed by atoms with van der Waals surface area (Å²) in [7, 11) is 0. The molecule has 0 bridgehead atoms. The van der Waals surface area contributed by atoms with Crippen LogP contribution in [0.4, 0.5) is 0 Å². The van der Waals surface area contributed by atoms with Crippen molar-refractivity contribution in [2.45, 2.75) is 27.2 Å². The smallest absolute Gasteiger partial charge is 0.336 e. The maximum atomic E-state index is 12.1. The van der Waals surface area contributed by atoms with Crippen molar-refractivity contribution in [1.82, 2.24) is 0 Å². The quantitative estimate of drug-likeness (QED) is 0.850. The zero-order chi connectivity index (χ0) is 14.2. The number of carbonyl (C=O) groups is 1. The average molecular weight is 324 g/mol. The number of ether oxygens (including phenoxy) is 1. The molecule has 0 radical (unpaired) electrons. The third-order valence-electron chi connectivity index (χ3n) is 3.42. The highest BCUT2D eigenvalue weighted by Crippen LogP contribution is 2.41. The Morgan fingerprint density at radius 2 is 2.16 bits per heavy atom. The molecule has 1 aliphatic rings. The van der Waals surface area contributed by atoms with E-state index in [2.05, 4.69) is 22.0 Å². The van der Waals surface area contributed by atoms with Gasteiger partial charge in [0.2, 0.25) is 0 Å². The van der Waals surface area contributed by atoms with Gasteiger partial charge in [-0.1, -0.05) is 35.8 Å². The number of hydrogen-bond donors (Lipinski definition) is 1. The van der Waals surface area contributed by atoms with Crippen molar-refractivity contribution in [2.75, 3.05) is 6.61 Å². The predicted octanol–water partition coefficient (Wildman–Crippen LogP) is 3.26. The van der Waals surface area contributed by atoms with E-state index in [4.69, 9.17) is 10.5 Å². The molecule has 1 aliphatic carbocycles. The summed E-state index contributed by atoms with van der Waals surface area (Å²) in [4.78, 5) is 12.1. The fourth-order valence-corrected chi connectivity index (χ4v) is 3.03. The van der Waals surface area contributed by atoms with Crippen LogP contribution in [0.25, 0.3) is 5.70 Å². The van der Waals surface area contributed by atoms with Gasteiger partial charge in [0.05, 0.1) is 17.9 Å². The third-order valence-corrected chi connectivity index (χ3v) is 3.91. The second kappa shape index (κ2) is 5.00. The highest BCUT2D eigenvalue weighted by molar-refractivity contribution is 9.10. The van der Waals surface area contributed by atoms with E-state index in [1.807, 2.05) is 26.0 Å². The minimum atomic E-state index is -0.315. The number of esters is 1. The molecule has 2 N–H and O–H groups in total. The second-order valence-electron chi connectivity index (χ2n) is 5.37. The molecule has 1 aromatic rings. The molecule has 3 nitrogen and oxygen atoms in total. The minimum Gasteiger partial charge on any atom is -0.463 e. The van der Waals surface area contributed by atoms with Gasteiger partial charge in [-0.2, -0.15) is 0 Å². The van der Waals surface area contributed by atoms with Crippen LogP contribution in [-0.2, 0) is 16.0 Å². The predicted molar refractivity (Wildman–Crippen MR) is 79.4 cm³/mol. The van der Waals surface area contributed by atoms with Crippen LogP contribution in [0.1, 0.15) is 31.9 Å². The fourth-order valence-electron chi connectivity index (χ4n) is 2.62. The van der Waals surface area contributed by atoms with Crippen LogP contribution in [0.2, 0.25) is 0 Å². The number of benzene rings is 1. The molecule has 2 rings (SSSR count). The number of nitrogens with two attached hydrogens (primary N) is 1. The Hall–Kier alpha value is -1.29. The Bertz CT molecular complexity index is 561. The van der Waals surface area contributed by atoms with E-state index >= 15 is 0 Å². The summed E-state index contributed by atoms with van der Waals surface area (Å²) in [6.07, 6.45) is 0.774. The Morgan fingerprint density at radius 1 is 1.47 bits per heavy atom. The van der Waals surface area contributed by atoms with Gasteiger partial charge in [0.1, 0.15) is 0 Å². The van der Waals surface area contributed by atoms with Gasteiger partial charge in [-0.15, -0.1) is 0 Å². The molecule has 4 heteroatoms. The van der Waals surface area contributed by atoms with Crippen LogP contribution in [0.5, 0.6) is 0 Å². The molecular formula is C15H18BrNO2. The van der Waals surface area contributed by atoms with E-state index in [9.17, 15) is 4.79 Å². The fraction of sp³-hybridized carbons (Fsp3) is 0.400. The van der Waals surface area contributed by atoms with Crippen LogP contribution < -0.4 is 5.73 Å². The van der Waals surface area contributed by atoms with Crippen LogP contribution in [-0.4, -0.2) is 12.6 Å². The van der Waals surface area contributed by atoms with E-state index < -0.39 is 0 Å². The van der Waals surface area contributed by atoms with Gasteiger partial charge in [-0.05, 0) is 31.0 Å². The Kier molecular flexibility index (Phi) is 3.72. The normalized spacial score (nSPS) is 17.1. The maximum Gasteiger partial charge on any atom is 0.336 e. The van der Waals surface area contributed by atoms with E-state index in [0.717, 1.165) is 22.0 Å². The van der Waals surface area contributed by atoms with E-state index in [1.165, 1.54) is 0 Å². The van der Waals surface area contributed by atoms with Gasteiger partial charge in [0, 0.05) is 15.5 Å². The van der Waals surface area contributed by atoms with E-state index in [0.29, 0.717) is 17.9 Å². The first-order valence-corrected chi connectivity index (χ1v) is 7.12. The zero-order valence-corrected chi connectivity index (χ0v) is 13.0. The largest absolute Gasteiger partial charge is 0.463 e. The number of fused-ring (bicyclic) bond motifs is 1. The molecule has 0 atom stereocenters. The molecular weight excluding hydrogens is 306 g/mol. The van der Waals surface area contributed by atoms with Gasteiger partial charge in [-0.25, -0.2) is 4.79 Å². The van der Waals surface area contributed by atoms with Gasteiger partial charge in [0.15, 0.2) is 0 Å². The van der Waals surface area contributed by atoms with E-state index in [-0.39, 0.29) is 11.4 Å². The lowest BCUT2D eigenvalue weighted by atomic mass is 9.72. The first kappa shape index (κ1) is 14.1. The van der Waals surface area contributed by atoms with Crippen molar-refractivity contribution in [3.63, 3.8) is 0 Å². The van der Waals surface area contributed by atoms with E-state index in [1.54, 1.807) is 6.92 Å². The highest BCUT2D eigenvalue weighted by atomic mass is 79.9. The summed E-state index contributed by atoms with van der Waals surface area (Å²) < 4.78 is 6.16. The summed E-state index contributed by atoms with van der Waals surface area (Å²) in [5.74, 6) is -0.307. The van der Waals surface area contributed by atoms with Gasteiger partial charge >= 0.3 is 5.97 Å². The molecule has 0 aromatic heterocycles. The van der Waals surface area contributed by atoms with Crippen molar-refractivity contribution in [3.8, 4) is 0 Å². The SMILES string of the molecule is CCOC(=O)C1=C(N)c2ccc(Br)cc2CC1(C)C. The molecule has 0 fully saturated rings. The highest BCUT2D eigenvalue weighted by Gasteiger charge is 2.37. The lowest BCUT2D eigenvalue weighted by Gasteiger charge is -2.33. The molecule has 0 spiro atoms. The topological polar surface area (TPSA) is 52.3 Å². The summed E-state index contributed by atoms with van der Waals surface area (Å²) in [6, 6.07) is 5.95. The Morgan fingerprint density at radius 3 is 2.79 bits per heavy atom. The minimum absolute atomic E-state index is 0.307. The van der Waals surface area contributed by atoms with Crippen LogP contribution in [0, 0.1) is 5.41 Å². The molecule has 0 heterocycles. The van der Waals surface area contributed by atoms with Crippen molar-refractivity contribution in [3.05, 3.63) is 39.4 Å². The van der Waals surface area contributed by atoms with Crippen molar-refractivity contribution >= 4 is 27.6 Å². The number of halogens is 1. The zero-order valence-electron chi connectivity index (χ0n) is 11.4. The summed E-state index contributed by atoms with van der Waals surface area (Å²) in [5, 5.41) is 0. The summed E-state index contributed by atoms with van der Waals surface area (Å²) in [5.41, 5.74) is 9.11. The van der Waals surface area contributed by atoms with Crippen LogP contribution >= 0.6 is 15.9 Å². The molecule has 19 heavy (non-hydrogen) atoms. The van der Waals surface area contributed by atoms with Crippen molar-refractivity contribution in [1.29, 1.82) is 0 Å². The molecule has 0 unspecified atom stereocenters. The first-order chi connectivity index (χ1) is 8.86. The van der Waals surface area contributed by atoms with Crippen LogP contribution in [0.3, 0.4) is 0 Å². The molecule has 0 amide bonds. The summed E-state index contributed by atoms with van der Waals surface area (Å²) in [6.45, 7) is 6.21. The third kappa shape index (κ3) is 2.54. The lowest BCUT2D eigenvalue weighted by molar-refractivity contribution is -0.139. The average Bonchev–Trinajstić information content (AvgIpc) is 2.27. The lowest BCUT2D eigenvalue weighted by Crippen LogP contribution is -2.32. The second-order valence-corrected chi connectivity index (χ2v) is 6.29. The molecule has 102 valence electrons. The number of hydrogen-bond acceptors (Lipinski definition) is 3. The standard InChI is InChI=1S/C15H18BrNO2/c1-4-19-14(18)12-13(17)11-6-5-10(16)7-9(11)8-15(12,2)3/h5-7H,4,8,17H2,1-3H3. The molecule has 0 saturated carbocycles. The first-order valence-electron chi connectivity index (χ1n) is 6.33. The van der Waals surface area contributed by atoms with Crippen LogP contribution in [0.15, 0.2) is 28.2 Å². The Labute approximate surface area is 122 Å². The van der Waals surface area contributed by atoms with Gasteiger partial charge in [0.25, 0.3) is 0 Å². The monoisotopic (exact) mass is 323 g/mol. The van der Waals surface area contributed by atoms with Gasteiger partial charge in [-0.3, -0.25) is 0 Å². The molecule has 0 aliphatic heterocycles. The van der Waals surface area contributed by atoms with Crippen molar-refractivity contribution < 1.29 is 9.53 Å². The number of rotatable bonds is 2. The number of carbonyl (C=O) groups excluding carboxylic acids is 1.